The largest absolute Gasteiger partial charge is 0.326 e. The summed E-state index contributed by atoms with van der Waals surface area (Å²) in [4.78, 5) is 0.906. The quantitative estimate of drug-likeness (QED) is 0.890. The van der Waals surface area contributed by atoms with E-state index < -0.39 is 10.0 Å². The Kier molecular flexibility index (Phi) is 4.42. The van der Waals surface area contributed by atoms with E-state index in [0.29, 0.717) is 10.8 Å². The number of rotatable bonds is 5. The minimum Gasteiger partial charge on any atom is -0.326 e. The molecule has 0 saturated heterocycles. The molecule has 0 aromatic carbocycles. The van der Waals surface area contributed by atoms with Crippen molar-refractivity contribution in [1.29, 1.82) is 0 Å². The van der Waals surface area contributed by atoms with Crippen molar-refractivity contribution in [3.8, 4) is 0 Å². The van der Waals surface area contributed by atoms with E-state index in [9.17, 15) is 8.42 Å². The molecule has 0 aliphatic heterocycles. The first-order chi connectivity index (χ1) is 8.94. The number of hydrogen-bond acceptors (Lipinski definition) is 5. The van der Waals surface area contributed by atoms with Gasteiger partial charge in [-0.3, -0.25) is 0 Å². The summed E-state index contributed by atoms with van der Waals surface area (Å²) in [6, 6.07) is 3.36. The second kappa shape index (κ2) is 5.72. The highest BCUT2D eigenvalue weighted by molar-refractivity contribution is 7.91. The third-order valence-corrected chi connectivity index (χ3v) is 6.80. The van der Waals surface area contributed by atoms with Gasteiger partial charge in [-0.05, 0) is 47.9 Å². The molecule has 0 spiro atoms. The monoisotopic (exact) mass is 316 g/mol. The molecule has 0 amide bonds. The molecule has 19 heavy (non-hydrogen) atoms. The second-order valence-electron chi connectivity index (χ2n) is 4.28. The van der Waals surface area contributed by atoms with E-state index in [1.165, 1.54) is 11.3 Å². The van der Waals surface area contributed by atoms with Gasteiger partial charge in [-0.15, -0.1) is 11.3 Å². The predicted octanol–water partition coefficient (Wildman–Crippen LogP) is 2.62. The third kappa shape index (κ3) is 3.24. The van der Waals surface area contributed by atoms with Crippen LogP contribution in [-0.4, -0.2) is 8.42 Å². The van der Waals surface area contributed by atoms with Gasteiger partial charge in [0.1, 0.15) is 4.21 Å². The fourth-order valence-corrected chi connectivity index (χ4v) is 5.17. The molecule has 104 valence electrons. The summed E-state index contributed by atoms with van der Waals surface area (Å²) in [6.45, 7) is 4.08. The normalized spacial score (nSPS) is 13.6. The van der Waals surface area contributed by atoms with Crippen LogP contribution < -0.4 is 10.5 Å². The zero-order valence-corrected chi connectivity index (χ0v) is 13.2. The van der Waals surface area contributed by atoms with Crippen molar-refractivity contribution in [1.82, 2.24) is 4.72 Å². The Morgan fingerprint density at radius 1 is 1.47 bits per heavy atom. The highest BCUT2D eigenvalue weighted by Gasteiger charge is 2.21. The second-order valence-corrected chi connectivity index (χ2v) is 8.13. The van der Waals surface area contributed by atoms with Crippen LogP contribution in [-0.2, 0) is 16.6 Å². The van der Waals surface area contributed by atoms with Gasteiger partial charge in [-0.25, -0.2) is 13.1 Å². The summed E-state index contributed by atoms with van der Waals surface area (Å²) in [5.41, 5.74) is 7.48. The highest BCUT2D eigenvalue weighted by Crippen LogP contribution is 2.27. The lowest BCUT2D eigenvalue weighted by molar-refractivity contribution is 0.569. The fraction of sp³-hybridized carbons (Fsp3) is 0.333. The molecule has 4 nitrogen and oxygen atoms in total. The molecule has 0 fully saturated rings. The van der Waals surface area contributed by atoms with Crippen LogP contribution in [0.3, 0.4) is 0 Å². The SMILES string of the molecule is Cc1cc(S(=O)(=O)NC(C)c2ccsc2)sc1CN. The average molecular weight is 316 g/mol. The fourth-order valence-electron chi connectivity index (χ4n) is 1.70. The smallest absolute Gasteiger partial charge is 0.250 e. The van der Waals surface area contributed by atoms with Gasteiger partial charge in [0, 0.05) is 17.5 Å². The van der Waals surface area contributed by atoms with Gasteiger partial charge < -0.3 is 5.73 Å². The van der Waals surface area contributed by atoms with E-state index in [1.54, 1.807) is 17.4 Å². The predicted molar refractivity (Wildman–Crippen MR) is 80.0 cm³/mol. The Hall–Kier alpha value is -0.730. The maximum absolute atomic E-state index is 12.3. The molecule has 7 heteroatoms. The molecular weight excluding hydrogens is 300 g/mol. The highest BCUT2D eigenvalue weighted by atomic mass is 32.2. The van der Waals surface area contributed by atoms with Crippen molar-refractivity contribution in [2.24, 2.45) is 5.73 Å². The Balaban J connectivity index is 2.22. The van der Waals surface area contributed by atoms with Gasteiger partial charge in [0.2, 0.25) is 0 Å². The molecule has 1 unspecified atom stereocenters. The Morgan fingerprint density at radius 2 is 2.21 bits per heavy atom. The van der Waals surface area contributed by atoms with E-state index in [0.717, 1.165) is 16.0 Å². The first-order valence-electron chi connectivity index (χ1n) is 5.78. The van der Waals surface area contributed by atoms with Crippen LogP contribution in [0.25, 0.3) is 0 Å². The molecule has 2 heterocycles. The lowest BCUT2D eigenvalue weighted by Gasteiger charge is -2.11. The van der Waals surface area contributed by atoms with Crippen molar-refractivity contribution in [3.63, 3.8) is 0 Å². The number of hydrogen-bond donors (Lipinski definition) is 2. The topological polar surface area (TPSA) is 72.2 Å². The van der Waals surface area contributed by atoms with Crippen molar-refractivity contribution < 1.29 is 8.42 Å². The number of nitrogens with one attached hydrogen (secondary N) is 1. The Bertz CT molecular complexity index is 645. The molecule has 1 atom stereocenters. The lowest BCUT2D eigenvalue weighted by Crippen LogP contribution is -2.25. The van der Waals surface area contributed by atoms with E-state index in [-0.39, 0.29) is 6.04 Å². The van der Waals surface area contributed by atoms with Crippen molar-refractivity contribution in [2.75, 3.05) is 0 Å². The summed E-state index contributed by atoms with van der Waals surface area (Å²) in [6.07, 6.45) is 0. The molecule has 2 aromatic heterocycles. The zero-order chi connectivity index (χ0) is 14.0. The number of thiophene rings is 2. The molecule has 0 bridgehead atoms. The van der Waals surface area contributed by atoms with Gasteiger partial charge in [0.15, 0.2) is 0 Å². The number of nitrogens with two attached hydrogens (primary N) is 1. The molecule has 0 saturated carbocycles. The zero-order valence-electron chi connectivity index (χ0n) is 10.7. The molecule has 3 N–H and O–H groups in total. The lowest BCUT2D eigenvalue weighted by atomic mass is 10.2. The molecule has 0 radical (unpaired) electrons. The van der Waals surface area contributed by atoms with Gasteiger partial charge in [-0.1, -0.05) is 0 Å². The maximum atomic E-state index is 12.3. The van der Waals surface area contributed by atoms with E-state index >= 15 is 0 Å². The van der Waals surface area contributed by atoms with Crippen LogP contribution in [0, 0.1) is 6.92 Å². The summed E-state index contributed by atoms with van der Waals surface area (Å²) in [7, 11) is -3.48. The summed E-state index contributed by atoms with van der Waals surface area (Å²) >= 11 is 2.78. The Morgan fingerprint density at radius 3 is 2.74 bits per heavy atom. The van der Waals surface area contributed by atoms with Crippen molar-refractivity contribution in [2.45, 2.75) is 30.6 Å². The van der Waals surface area contributed by atoms with Crippen LogP contribution in [0.15, 0.2) is 27.1 Å². The van der Waals surface area contributed by atoms with Crippen LogP contribution in [0.5, 0.6) is 0 Å². The van der Waals surface area contributed by atoms with E-state index in [2.05, 4.69) is 4.72 Å². The third-order valence-electron chi connectivity index (χ3n) is 2.82. The number of sulfonamides is 1. The van der Waals surface area contributed by atoms with Crippen molar-refractivity contribution >= 4 is 32.7 Å². The number of aryl methyl sites for hydroxylation is 1. The van der Waals surface area contributed by atoms with Gasteiger partial charge in [0.25, 0.3) is 10.0 Å². The van der Waals surface area contributed by atoms with Gasteiger partial charge in [0.05, 0.1) is 0 Å². The van der Waals surface area contributed by atoms with E-state index in [4.69, 9.17) is 5.73 Å². The maximum Gasteiger partial charge on any atom is 0.250 e. The Labute approximate surface area is 121 Å². The standard InChI is InChI=1S/C12H16N2O2S3/c1-8-5-12(18-11(8)6-13)19(15,16)14-9(2)10-3-4-17-7-10/h3-5,7,9,14H,6,13H2,1-2H3. The molecule has 0 aliphatic carbocycles. The van der Waals surface area contributed by atoms with Crippen LogP contribution in [0.1, 0.15) is 29.0 Å². The van der Waals surface area contributed by atoms with Crippen LogP contribution in [0.4, 0.5) is 0 Å². The first-order valence-corrected chi connectivity index (χ1v) is 9.02. The first kappa shape index (κ1) is 14.7. The summed E-state index contributed by atoms with van der Waals surface area (Å²) in [5.74, 6) is 0. The minimum absolute atomic E-state index is 0.236. The van der Waals surface area contributed by atoms with Gasteiger partial charge in [-0.2, -0.15) is 11.3 Å². The summed E-state index contributed by atoms with van der Waals surface area (Å²) < 4.78 is 27.6. The van der Waals surface area contributed by atoms with Crippen LogP contribution >= 0.6 is 22.7 Å². The molecular formula is C12H16N2O2S3. The molecule has 2 rings (SSSR count). The molecule has 0 aliphatic rings. The van der Waals surface area contributed by atoms with E-state index in [1.807, 2.05) is 30.7 Å². The van der Waals surface area contributed by atoms with Crippen LogP contribution in [0.2, 0.25) is 0 Å². The molecule has 2 aromatic rings. The minimum atomic E-state index is -3.48. The summed E-state index contributed by atoms with van der Waals surface area (Å²) in [5, 5.41) is 3.88. The van der Waals surface area contributed by atoms with Gasteiger partial charge >= 0.3 is 0 Å². The average Bonchev–Trinajstić information content (AvgIpc) is 2.96. The van der Waals surface area contributed by atoms with Crippen molar-refractivity contribution in [3.05, 3.63) is 38.9 Å².